The molecule has 30 heavy (non-hydrogen) atoms. The third-order valence-corrected chi connectivity index (χ3v) is 5.37. The molecule has 0 bridgehead atoms. The topological polar surface area (TPSA) is 64.7 Å². The van der Waals surface area contributed by atoms with Crippen LogP contribution in [0, 0.1) is 0 Å². The zero-order chi connectivity index (χ0) is 21.6. The molecule has 0 atom stereocenters. The maximum absolute atomic E-state index is 12.1. The Kier molecular flexibility index (Phi) is 10.8. The van der Waals surface area contributed by atoms with E-state index in [9.17, 15) is 9.59 Å². The fourth-order valence-corrected chi connectivity index (χ4v) is 3.60. The van der Waals surface area contributed by atoms with Crippen LogP contribution in [-0.2, 0) is 9.59 Å². The van der Waals surface area contributed by atoms with Crippen molar-refractivity contribution in [3.8, 4) is 0 Å². The molecule has 0 aromatic carbocycles. The number of unbranched alkanes of at least 4 members (excludes halogenated alkanes) is 7. The molecule has 0 unspecified atom stereocenters. The molecule has 0 aliphatic carbocycles. The Morgan fingerprint density at radius 1 is 0.700 bits per heavy atom. The molecule has 166 valence electrons. The van der Waals surface area contributed by atoms with E-state index in [0.29, 0.717) is 13.1 Å². The van der Waals surface area contributed by atoms with E-state index in [-0.39, 0.29) is 11.8 Å². The van der Waals surface area contributed by atoms with Gasteiger partial charge in [0.05, 0.1) is 0 Å². The van der Waals surface area contributed by atoms with Crippen LogP contribution in [0.25, 0.3) is 0 Å². The first kappa shape index (κ1) is 23.8. The van der Waals surface area contributed by atoms with Crippen LogP contribution in [-0.4, -0.2) is 61.9 Å². The van der Waals surface area contributed by atoms with Crippen molar-refractivity contribution in [2.24, 2.45) is 0 Å². The maximum Gasteiger partial charge on any atom is 0.249 e. The van der Waals surface area contributed by atoms with Crippen molar-refractivity contribution in [2.75, 3.05) is 40.3 Å². The summed E-state index contributed by atoms with van der Waals surface area (Å²) in [7, 11) is 3.94. The summed E-state index contributed by atoms with van der Waals surface area (Å²) in [6.07, 6.45) is 20.9. The molecule has 2 N–H and O–H groups in total. The molecular formula is C24H38N4O2. The van der Waals surface area contributed by atoms with Crippen molar-refractivity contribution >= 4 is 11.8 Å². The zero-order valence-corrected chi connectivity index (χ0v) is 18.7. The van der Waals surface area contributed by atoms with E-state index in [2.05, 4.69) is 10.6 Å². The molecule has 0 saturated carbocycles. The Labute approximate surface area is 181 Å². The van der Waals surface area contributed by atoms with Crippen molar-refractivity contribution in [1.29, 1.82) is 0 Å². The molecule has 0 aromatic heterocycles. The predicted molar refractivity (Wildman–Crippen MR) is 123 cm³/mol. The van der Waals surface area contributed by atoms with Crippen LogP contribution >= 0.6 is 0 Å². The van der Waals surface area contributed by atoms with Crippen molar-refractivity contribution in [3.63, 3.8) is 0 Å². The third-order valence-electron chi connectivity index (χ3n) is 5.37. The van der Waals surface area contributed by atoms with Gasteiger partial charge in [-0.2, -0.15) is 0 Å². The molecule has 2 aliphatic heterocycles. The molecule has 2 heterocycles. The highest BCUT2D eigenvalue weighted by molar-refractivity contribution is 5.94. The van der Waals surface area contributed by atoms with Gasteiger partial charge in [-0.1, -0.05) is 50.7 Å². The number of amides is 2. The summed E-state index contributed by atoms with van der Waals surface area (Å²) in [5.74, 6) is 0.114. The second-order valence-corrected chi connectivity index (χ2v) is 8.24. The molecule has 0 aromatic rings. The van der Waals surface area contributed by atoms with Gasteiger partial charge in [-0.15, -0.1) is 0 Å². The standard InChI is InChI=1S/C24H38N4O2/c1-27-17-11-13-21(19-27)23(29)25-15-9-7-5-3-4-6-8-10-16-26-24(30)22-14-12-18-28(2)20-22/h11-14,17-18H,3-10,15-16,19-20H2,1-2H3,(H,25,29)(H,26,30). The van der Waals surface area contributed by atoms with Crippen LogP contribution in [0.5, 0.6) is 0 Å². The first-order chi connectivity index (χ1) is 14.6. The Bertz CT molecular complexity index is 621. The number of carbonyl (C=O) groups excluding carboxylic acids is 2. The van der Waals surface area contributed by atoms with Crippen LogP contribution < -0.4 is 10.6 Å². The number of likely N-dealkylation sites (N-methyl/N-ethyl adjacent to an activating group) is 2. The number of allylic oxidation sites excluding steroid dienone is 4. The van der Waals surface area contributed by atoms with Gasteiger partial charge in [-0.25, -0.2) is 0 Å². The van der Waals surface area contributed by atoms with Crippen LogP contribution in [0.1, 0.15) is 51.4 Å². The lowest BCUT2D eigenvalue weighted by atomic mass is 10.1. The lowest BCUT2D eigenvalue weighted by molar-refractivity contribution is -0.118. The summed E-state index contributed by atoms with van der Waals surface area (Å²) < 4.78 is 0. The van der Waals surface area contributed by atoms with Gasteiger partial charge in [0.2, 0.25) is 11.8 Å². The Morgan fingerprint density at radius 2 is 1.07 bits per heavy atom. The summed E-state index contributed by atoms with van der Waals surface area (Å²) in [5, 5.41) is 6.04. The quantitative estimate of drug-likeness (QED) is 0.455. The first-order valence-electron chi connectivity index (χ1n) is 11.3. The van der Waals surface area contributed by atoms with Crippen LogP contribution in [0.3, 0.4) is 0 Å². The molecular weight excluding hydrogens is 376 g/mol. The van der Waals surface area contributed by atoms with Crippen LogP contribution in [0.2, 0.25) is 0 Å². The van der Waals surface area contributed by atoms with Gasteiger partial charge >= 0.3 is 0 Å². The maximum atomic E-state index is 12.1. The highest BCUT2D eigenvalue weighted by Gasteiger charge is 2.12. The van der Waals surface area contributed by atoms with Gasteiger partial charge in [-0.05, 0) is 37.4 Å². The van der Waals surface area contributed by atoms with Gasteiger partial charge in [0.25, 0.3) is 0 Å². The monoisotopic (exact) mass is 414 g/mol. The summed E-state index contributed by atoms with van der Waals surface area (Å²) >= 11 is 0. The van der Waals surface area contributed by atoms with Crippen molar-refractivity contribution in [1.82, 2.24) is 20.4 Å². The number of carbonyl (C=O) groups is 2. The van der Waals surface area contributed by atoms with E-state index in [1.807, 2.05) is 60.6 Å². The summed E-state index contributed by atoms with van der Waals surface area (Å²) in [5.41, 5.74) is 1.66. The van der Waals surface area contributed by atoms with Crippen LogP contribution in [0.4, 0.5) is 0 Å². The number of hydrogen-bond donors (Lipinski definition) is 2. The van der Waals surface area contributed by atoms with E-state index < -0.39 is 0 Å². The second kappa shape index (κ2) is 13.7. The van der Waals surface area contributed by atoms with E-state index in [1.54, 1.807) is 0 Å². The number of rotatable bonds is 13. The van der Waals surface area contributed by atoms with Crippen molar-refractivity contribution < 1.29 is 9.59 Å². The number of hydrogen-bond acceptors (Lipinski definition) is 4. The lowest BCUT2D eigenvalue weighted by Gasteiger charge is -2.19. The fraction of sp³-hybridized carbons (Fsp3) is 0.583. The van der Waals surface area contributed by atoms with E-state index >= 15 is 0 Å². The van der Waals surface area contributed by atoms with Gasteiger partial charge in [-0.3, -0.25) is 9.59 Å². The molecule has 2 aliphatic rings. The Hall–Kier alpha value is -2.50. The van der Waals surface area contributed by atoms with Crippen LogP contribution in [0.15, 0.2) is 47.9 Å². The Balaban J connectivity index is 1.37. The highest BCUT2D eigenvalue weighted by Crippen LogP contribution is 2.09. The average molecular weight is 415 g/mol. The van der Waals surface area contributed by atoms with E-state index in [4.69, 9.17) is 0 Å². The second-order valence-electron chi connectivity index (χ2n) is 8.24. The van der Waals surface area contributed by atoms with Gasteiger partial charge in [0.15, 0.2) is 0 Å². The molecule has 2 amide bonds. The fourth-order valence-electron chi connectivity index (χ4n) is 3.60. The van der Waals surface area contributed by atoms with Gasteiger partial charge in [0.1, 0.15) is 0 Å². The summed E-state index contributed by atoms with van der Waals surface area (Å²) in [6.45, 7) is 2.87. The average Bonchev–Trinajstić information content (AvgIpc) is 2.74. The Morgan fingerprint density at radius 3 is 1.43 bits per heavy atom. The van der Waals surface area contributed by atoms with E-state index in [1.165, 1.54) is 25.7 Å². The van der Waals surface area contributed by atoms with Gasteiger partial charge < -0.3 is 20.4 Å². The number of nitrogens with zero attached hydrogens (tertiary/aromatic N) is 2. The lowest BCUT2D eigenvalue weighted by Crippen LogP contribution is -2.31. The highest BCUT2D eigenvalue weighted by atomic mass is 16.2. The smallest absolute Gasteiger partial charge is 0.249 e. The van der Waals surface area contributed by atoms with E-state index in [0.717, 1.165) is 49.9 Å². The predicted octanol–water partition coefficient (Wildman–Crippen LogP) is 3.11. The molecule has 0 saturated heterocycles. The third kappa shape index (κ3) is 9.33. The summed E-state index contributed by atoms with van der Waals surface area (Å²) in [4.78, 5) is 28.2. The molecule has 6 nitrogen and oxygen atoms in total. The largest absolute Gasteiger partial charge is 0.376 e. The van der Waals surface area contributed by atoms with Crippen molar-refractivity contribution in [3.05, 3.63) is 47.9 Å². The van der Waals surface area contributed by atoms with Crippen molar-refractivity contribution in [2.45, 2.75) is 51.4 Å². The summed E-state index contributed by atoms with van der Waals surface area (Å²) in [6, 6.07) is 0. The first-order valence-corrected chi connectivity index (χ1v) is 11.3. The minimum Gasteiger partial charge on any atom is -0.376 e. The minimum atomic E-state index is 0.0570. The SMILES string of the molecule is CN1C=CC=C(C(=O)NCCCCCCCCCCNC(=O)C2=CC=CN(C)C2)C1. The molecule has 0 fully saturated rings. The minimum absolute atomic E-state index is 0.0570. The normalized spacial score (nSPS) is 15.7. The molecule has 2 rings (SSSR count). The molecule has 6 heteroatoms. The van der Waals surface area contributed by atoms with Gasteiger partial charge in [0, 0.05) is 51.4 Å². The zero-order valence-electron chi connectivity index (χ0n) is 18.7. The molecule has 0 spiro atoms. The molecule has 0 radical (unpaired) electrons. The number of nitrogens with one attached hydrogen (secondary N) is 2.